The Hall–Kier alpha value is -2.99. The maximum absolute atomic E-state index is 12.8. The van der Waals surface area contributed by atoms with Crippen molar-refractivity contribution in [3.05, 3.63) is 71.1 Å². The van der Waals surface area contributed by atoms with Gasteiger partial charge in [0.2, 0.25) is 11.7 Å². The van der Waals surface area contributed by atoms with Crippen LogP contribution in [0.25, 0.3) is 11.4 Å². The fourth-order valence-electron chi connectivity index (χ4n) is 4.08. The Kier molecular flexibility index (Phi) is 6.47. The zero-order valence-electron chi connectivity index (χ0n) is 18.5. The number of carbonyl (C=O) groups is 1. The molecule has 162 valence electrons. The van der Waals surface area contributed by atoms with Gasteiger partial charge in [0.25, 0.3) is 5.91 Å². The molecule has 1 fully saturated rings. The molecule has 1 aliphatic heterocycles. The third-order valence-corrected chi connectivity index (χ3v) is 5.85. The molecule has 0 spiro atoms. The predicted molar refractivity (Wildman–Crippen MR) is 120 cm³/mol. The van der Waals surface area contributed by atoms with Gasteiger partial charge in [0.05, 0.1) is 6.54 Å². The lowest BCUT2D eigenvalue weighted by atomic mass is 9.99. The second kappa shape index (κ2) is 9.43. The molecule has 1 unspecified atom stereocenters. The summed E-state index contributed by atoms with van der Waals surface area (Å²) >= 11 is 0. The van der Waals surface area contributed by atoms with Crippen LogP contribution in [0.1, 0.15) is 47.1 Å². The highest BCUT2D eigenvalue weighted by Crippen LogP contribution is 2.19. The molecule has 31 heavy (non-hydrogen) atoms. The average molecular weight is 419 g/mol. The van der Waals surface area contributed by atoms with Crippen molar-refractivity contribution in [2.75, 3.05) is 20.1 Å². The maximum atomic E-state index is 12.8. The summed E-state index contributed by atoms with van der Waals surface area (Å²) in [6, 6.07) is 15.9. The molecule has 2 heterocycles. The van der Waals surface area contributed by atoms with Gasteiger partial charge in [0.1, 0.15) is 0 Å². The largest absolute Gasteiger partial charge is 0.337 e. The molecule has 6 nitrogen and oxygen atoms in total. The quantitative estimate of drug-likeness (QED) is 0.588. The SMILES string of the molecule is Cc1ccc(-c2noc(CN(C)C(=O)c3ccc(CN4CCCC(C)C4)cc3)n2)cc1. The lowest BCUT2D eigenvalue weighted by Gasteiger charge is -2.30. The lowest BCUT2D eigenvalue weighted by Crippen LogP contribution is -2.33. The van der Waals surface area contributed by atoms with Gasteiger partial charge in [-0.1, -0.05) is 54.0 Å². The second-order valence-corrected chi connectivity index (χ2v) is 8.72. The number of hydrogen-bond donors (Lipinski definition) is 0. The van der Waals surface area contributed by atoms with Crippen molar-refractivity contribution < 1.29 is 9.32 Å². The number of hydrogen-bond acceptors (Lipinski definition) is 5. The van der Waals surface area contributed by atoms with Crippen LogP contribution in [0, 0.1) is 12.8 Å². The summed E-state index contributed by atoms with van der Waals surface area (Å²) in [6.07, 6.45) is 2.59. The van der Waals surface area contributed by atoms with Crippen LogP contribution in [-0.4, -0.2) is 46.0 Å². The number of amides is 1. The smallest absolute Gasteiger partial charge is 0.254 e. The number of likely N-dealkylation sites (tertiary alicyclic amines) is 1. The van der Waals surface area contributed by atoms with Gasteiger partial charge in [-0.15, -0.1) is 0 Å². The van der Waals surface area contributed by atoms with E-state index in [-0.39, 0.29) is 12.5 Å². The van der Waals surface area contributed by atoms with Gasteiger partial charge in [-0.05, 0) is 49.9 Å². The number of aryl methyl sites for hydroxylation is 1. The van der Waals surface area contributed by atoms with Crippen LogP contribution >= 0.6 is 0 Å². The predicted octanol–water partition coefficient (Wildman–Crippen LogP) is 4.55. The van der Waals surface area contributed by atoms with Crippen LogP contribution in [0.5, 0.6) is 0 Å². The van der Waals surface area contributed by atoms with Crippen molar-refractivity contribution in [2.45, 2.75) is 39.8 Å². The van der Waals surface area contributed by atoms with Crippen LogP contribution < -0.4 is 0 Å². The number of nitrogens with zero attached hydrogens (tertiary/aromatic N) is 4. The van der Waals surface area contributed by atoms with E-state index in [1.807, 2.05) is 43.3 Å². The van der Waals surface area contributed by atoms with Crippen molar-refractivity contribution in [3.63, 3.8) is 0 Å². The maximum Gasteiger partial charge on any atom is 0.254 e. The summed E-state index contributed by atoms with van der Waals surface area (Å²) in [5.41, 5.74) is 3.98. The van der Waals surface area contributed by atoms with Gasteiger partial charge in [0.15, 0.2) is 0 Å². The van der Waals surface area contributed by atoms with E-state index in [0.29, 0.717) is 17.3 Å². The van der Waals surface area contributed by atoms with Crippen LogP contribution in [-0.2, 0) is 13.1 Å². The summed E-state index contributed by atoms with van der Waals surface area (Å²) in [7, 11) is 1.75. The van der Waals surface area contributed by atoms with Gasteiger partial charge in [0, 0.05) is 31.3 Å². The normalized spacial score (nSPS) is 16.9. The molecule has 6 heteroatoms. The van der Waals surface area contributed by atoms with Gasteiger partial charge >= 0.3 is 0 Å². The van der Waals surface area contributed by atoms with E-state index in [0.717, 1.165) is 31.1 Å². The van der Waals surface area contributed by atoms with Crippen molar-refractivity contribution in [1.29, 1.82) is 0 Å². The molecule has 0 bridgehead atoms. The van der Waals surface area contributed by atoms with E-state index in [2.05, 4.69) is 34.1 Å². The number of rotatable bonds is 6. The van der Waals surface area contributed by atoms with Crippen molar-refractivity contribution >= 4 is 5.91 Å². The van der Waals surface area contributed by atoms with Gasteiger partial charge in [-0.25, -0.2) is 0 Å². The third kappa shape index (κ3) is 5.39. The minimum Gasteiger partial charge on any atom is -0.337 e. The molecular weight excluding hydrogens is 388 g/mol. The summed E-state index contributed by atoms with van der Waals surface area (Å²) in [5.74, 6) is 1.65. The van der Waals surface area contributed by atoms with E-state index in [1.54, 1.807) is 11.9 Å². The first-order valence-electron chi connectivity index (χ1n) is 10.9. The highest BCUT2D eigenvalue weighted by atomic mass is 16.5. The van der Waals surface area contributed by atoms with Crippen molar-refractivity contribution in [1.82, 2.24) is 19.9 Å². The highest BCUT2D eigenvalue weighted by molar-refractivity contribution is 5.94. The number of benzene rings is 2. The molecule has 0 saturated carbocycles. The Bertz CT molecular complexity index is 1010. The molecule has 0 aliphatic carbocycles. The number of aromatic nitrogens is 2. The molecular formula is C25H30N4O2. The van der Waals surface area contributed by atoms with Crippen molar-refractivity contribution in [2.24, 2.45) is 5.92 Å². The first-order valence-corrected chi connectivity index (χ1v) is 10.9. The fourth-order valence-corrected chi connectivity index (χ4v) is 4.08. The first kappa shape index (κ1) is 21.2. The molecule has 0 N–H and O–H groups in total. The third-order valence-electron chi connectivity index (χ3n) is 5.85. The van der Waals surface area contributed by atoms with Crippen LogP contribution in [0.4, 0.5) is 0 Å². The molecule has 3 aromatic rings. The topological polar surface area (TPSA) is 62.5 Å². The van der Waals surface area contributed by atoms with E-state index >= 15 is 0 Å². The molecule has 1 saturated heterocycles. The van der Waals surface area contributed by atoms with Gasteiger partial charge in [-0.3, -0.25) is 9.69 Å². The Balaban J connectivity index is 1.35. The van der Waals surface area contributed by atoms with Crippen LogP contribution in [0.3, 0.4) is 0 Å². The monoisotopic (exact) mass is 418 g/mol. The minimum atomic E-state index is -0.0618. The molecule has 1 atom stereocenters. The molecule has 4 rings (SSSR count). The summed E-state index contributed by atoms with van der Waals surface area (Å²) < 4.78 is 5.36. The highest BCUT2D eigenvalue weighted by Gasteiger charge is 2.18. The molecule has 1 aromatic heterocycles. The Morgan fingerprint density at radius 2 is 1.90 bits per heavy atom. The Labute approximate surface area is 183 Å². The fraction of sp³-hybridized carbons (Fsp3) is 0.400. The lowest BCUT2D eigenvalue weighted by molar-refractivity contribution is 0.0769. The molecule has 1 aliphatic rings. The summed E-state index contributed by atoms with van der Waals surface area (Å²) in [6.45, 7) is 7.87. The zero-order valence-corrected chi connectivity index (χ0v) is 18.5. The van der Waals surface area contributed by atoms with Crippen LogP contribution in [0.2, 0.25) is 0 Å². The standard InChI is InChI=1S/C25H30N4O2/c1-18-6-10-21(11-7-18)24-26-23(31-27-24)17-28(3)25(30)22-12-8-20(9-13-22)16-29-14-4-5-19(2)15-29/h6-13,19H,4-5,14-17H2,1-3H3. The molecule has 1 amide bonds. The second-order valence-electron chi connectivity index (χ2n) is 8.72. The van der Waals surface area contributed by atoms with Gasteiger partial charge < -0.3 is 9.42 Å². The van der Waals surface area contributed by atoms with E-state index < -0.39 is 0 Å². The zero-order chi connectivity index (χ0) is 21.8. The van der Waals surface area contributed by atoms with Crippen LogP contribution in [0.15, 0.2) is 53.1 Å². The van der Waals surface area contributed by atoms with E-state index in [9.17, 15) is 4.79 Å². The first-order chi connectivity index (χ1) is 15.0. The number of piperidine rings is 1. The van der Waals surface area contributed by atoms with Gasteiger partial charge in [-0.2, -0.15) is 4.98 Å². The van der Waals surface area contributed by atoms with E-state index in [4.69, 9.17) is 4.52 Å². The summed E-state index contributed by atoms with van der Waals surface area (Å²) in [5, 5.41) is 4.04. The molecule has 0 radical (unpaired) electrons. The van der Waals surface area contributed by atoms with E-state index in [1.165, 1.54) is 24.0 Å². The average Bonchev–Trinajstić information content (AvgIpc) is 3.23. The van der Waals surface area contributed by atoms with Crippen molar-refractivity contribution in [3.8, 4) is 11.4 Å². The number of carbonyl (C=O) groups excluding carboxylic acids is 1. The summed E-state index contributed by atoms with van der Waals surface area (Å²) in [4.78, 5) is 21.4. The minimum absolute atomic E-state index is 0.0618. The molecule has 2 aromatic carbocycles. The Morgan fingerprint density at radius 1 is 1.16 bits per heavy atom. The Morgan fingerprint density at radius 3 is 2.61 bits per heavy atom.